The van der Waals surface area contributed by atoms with Gasteiger partial charge >= 0.3 is 5.97 Å². The Morgan fingerprint density at radius 3 is 2.83 bits per heavy atom. The molecule has 0 bridgehead atoms. The van der Waals surface area contributed by atoms with E-state index in [1.165, 1.54) is 16.5 Å². The van der Waals surface area contributed by atoms with E-state index in [0.717, 1.165) is 11.9 Å². The summed E-state index contributed by atoms with van der Waals surface area (Å²) in [6.07, 6.45) is 0. The van der Waals surface area contributed by atoms with Crippen molar-refractivity contribution < 1.29 is 9.53 Å². The number of hydrogen-bond donors (Lipinski definition) is 0. The molecule has 1 aliphatic heterocycles. The van der Waals surface area contributed by atoms with Gasteiger partial charge in [0.1, 0.15) is 20.1 Å². The predicted molar refractivity (Wildman–Crippen MR) is 74.5 cm³/mol. The van der Waals surface area contributed by atoms with Gasteiger partial charge in [-0.05, 0) is 17.5 Å². The lowest BCUT2D eigenvalue weighted by atomic mass is 9.89. The Labute approximate surface area is 107 Å². The number of cyclic esters (lactones) is 1. The van der Waals surface area contributed by atoms with Crippen LogP contribution in [0.3, 0.4) is 0 Å². The van der Waals surface area contributed by atoms with Crippen LogP contribution in [0, 0.1) is 0 Å². The first kappa shape index (κ1) is 11.4. The zero-order valence-electron chi connectivity index (χ0n) is 11.0. The molecule has 2 aromatic rings. The van der Waals surface area contributed by atoms with Crippen LogP contribution in [0.25, 0.3) is 10.9 Å². The van der Waals surface area contributed by atoms with Crippen LogP contribution in [0.5, 0.6) is 0 Å². The van der Waals surface area contributed by atoms with Crippen LogP contribution in [-0.2, 0) is 11.3 Å². The Bertz CT molecular complexity index is 643. The van der Waals surface area contributed by atoms with Gasteiger partial charge in [-0.3, -0.25) is 0 Å². The molecule has 0 saturated heterocycles. The molecule has 1 aromatic carbocycles. The quantitative estimate of drug-likeness (QED) is 0.554. The van der Waals surface area contributed by atoms with E-state index in [4.69, 9.17) is 4.74 Å². The monoisotopic (exact) mass is 241 g/mol. The van der Waals surface area contributed by atoms with Crippen molar-refractivity contribution in [3.05, 3.63) is 29.5 Å². The zero-order valence-corrected chi connectivity index (χ0v) is 11.0. The van der Waals surface area contributed by atoms with Crippen LogP contribution >= 0.6 is 0 Å². The molecule has 0 fully saturated rings. The standard InChI is InChI=1S/C14H16BNO2/c1-8(2)11-7-10(15)5-9-6-12-14(17)18-4-3-16(12)13(9)11/h5-8H,3-4,15H2,1-2H3. The second-order valence-electron chi connectivity index (χ2n) is 5.26. The molecule has 2 heterocycles. The van der Waals surface area contributed by atoms with E-state index in [0.29, 0.717) is 18.2 Å². The molecule has 0 atom stereocenters. The molecule has 0 unspecified atom stereocenters. The van der Waals surface area contributed by atoms with Crippen molar-refractivity contribution in [1.29, 1.82) is 0 Å². The minimum absolute atomic E-state index is 0.204. The summed E-state index contributed by atoms with van der Waals surface area (Å²) < 4.78 is 7.21. The van der Waals surface area contributed by atoms with Crippen molar-refractivity contribution in [3.63, 3.8) is 0 Å². The number of rotatable bonds is 1. The molecular formula is C14H16BNO2. The van der Waals surface area contributed by atoms with Gasteiger partial charge in [-0.15, -0.1) is 0 Å². The number of carbonyl (C=O) groups excluding carboxylic acids is 1. The highest BCUT2D eigenvalue weighted by Gasteiger charge is 2.23. The summed E-state index contributed by atoms with van der Waals surface area (Å²) in [6.45, 7) is 5.61. The van der Waals surface area contributed by atoms with Gasteiger partial charge in [0.05, 0.1) is 12.1 Å². The maximum atomic E-state index is 11.8. The third kappa shape index (κ3) is 1.56. The molecule has 0 saturated carbocycles. The van der Waals surface area contributed by atoms with Crippen molar-refractivity contribution in [1.82, 2.24) is 4.57 Å². The normalized spacial score (nSPS) is 14.9. The van der Waals surface area contributed by atoms with E-state index in [2.05, 4.69) is 38.4 Å². The van der Waals surface area contributed by atoms with Gasteiger partial charge in [0.25, 0.3) is 0 Å². The summed E-state index contributed by atoms with van der Waals surface area (Å²) in [5.41, 5.74) is 4.43. The van der Waals surface area contributed by atoms with Crippen LogP contribution in [0.15, 0.2) is 18.2 Å². The fraction of sp³-hybridized carbons (Fsp3) is 0.357. The van der Waals surface area contributed by atoms with Gasteiger partial charge < -0.3 is 9.30 Å². The van der Waals surface area contributed by atoms with E-state index < -0.39 is 0 Å². The van der Waals surface area contributed by atoms with Crippen molar-refractivity contribution >= 4 is 30.2 Å². The Hall–Kier alpha value is -1.71. The Morgan fingerprint density at radius 1 is 1.33 bits per heavy atom. The van der Waals surface area contributed by atoms with Gasteiger partial charge in [-0.1, -0.05) is 31.4 Å². The largest absolute Gasteiger partial charge is 0.459 e. The maximum Gasteiger partial charge on any atom is 0.355 e. The molecule has 4 heteroatoms. The summed E-state index contributed by atoms with van der Waals surface area (Å²) >= 11 is 0. The first-order valence-electron chi connectivity index (χ1n) is 6.39. The second kappa shape index (κ2) is 3.90. The minimum atomic E-state index is -0.204. The number of fused-ring (bicyclic) bond motifs is 3. The van der Waals surface area contributed by atoms with Crippen molar-refractivity contribution in [2.75, 3.05) is 6.61 Å². The lowest BCUT2D eigenvalue weighted by Crippen LogP contribution is -2.22. The number of ether oxygens (including phenoxy) is 1. The van der Waals surface area contributed by atoms with E-state index in [1.807, 2.05) is 6.07 Å². The van der Waals surface area contributed by atoms with Crippen molar-refractivity contribution in [3.8, 4) is 0 Å². The van der Waals surface area contributed by atoms with Crippen LogP contribution in [0.4, 0.5) is 0 Å². The summed E-state index contributed by atoms with van der Waals surface area (Å²) in [6, 6.07) is 6.32. The number of hydrogen-bond acceptors (Lipinski definition) is 2. The number of benzene rings is 1. The van der Waals surface area contributed by atoms with Gasteiger partial charge in [-0.25, -0.2) is 4.79 Å². The Kier molecular flexibility index (Phi) is 2.47. The lowest BCUT2D eigenvalue weighted by Gasteiger charge is -2.18. The van der Waals surface area contributed by atoms with Gasteiger partial charge in [0, 0.05) is 5.39 Å². The highest BCUT2D eigenvalue weighted by Crippen LogP contribution is 2.29. The summed E-state index contributed by atoms with van der Waals surface area (Å²) in [7, 11) is 2.10. The highest BCUT2D eigenvalue weighted by atomic mass is 16.5. The van der Waals surface area contributed by atoms with E-state index >= 15 is 0 Å². The molecule has 0 radical (unpaired) electrons. The molecule has 18 heavy (non-hydrogen) atoms. The highest BCUT2D eigenvalue weighted by molar-refractivity contribution is 6.33. The molecule has 0 N–H and O–H groups in total. The second-order valence-corrected chi connectivity index (χ2v) is 5.26. The molecule has 0 amide bonds. The molecule has 92 valence electrons. The van der Waals surface area contributed by atoms with Crippen LogP contribution in [0.2, 0.25) is 0 Å². The SMILES string of the molecule is Bc1cc(C(C)C)c2c(c1)cc1n2CCOC1=O. The molecular weight excluding hydrogens is 225 g/mol. The molecule has 1 aromatic heterocycles. The van der Waals surface area contributed by atoms with Gasteiger partial charge in [-0.2, -0.15) is 0 Å². The van der Waals surface area contributed by atoms with E-state index in [9.17, 15) is 4.79 Å². The average molecular weight is 241 g/mol. The maximum absolute atomic E-state index is 11.8. The first-order chi connectivity index (χ1) is 8.58. The summed E-state index contributed by atoms with van der Waals surface area (Å²) in [5.74, 6) is 0.245. The third-order valence-corrected chi connectivity index (χ3v) is 3.55. The summed E-state index contributed by atoms with van der Waals surface area (Å²) in [4.78, 5) is 11.8. The number of carbonyl (C=O) groups is 1. The molecule has 1 aliphatic rings. The van der Waals surface area contributed by atoms with E-state index in [1.54, 1.807) is 0 Å². The smallest absolute Gasteiger partial charge is 0.355 e. The lowest BCUT2D eigenvalue weighted by molar-refractivity contribution is 0.0426. The topological polar surface area (TPSA) is 31.2 Å². The molecule has 0 aliphatic carbocycles. The Morgan fingerprint density at radius 2 is 2.11 bits per heavy atom. The van der Waals surface area contributed by atoms with E-state index in [-0.39, 0.29) is 5.97 Å². The number of esters is 1. The average Bonchev–Trinajstić information content (AvgIpc) is 2.67. The zero-order chi connectivity index (χ0) is 12.9. The molecule has 0 spiro atoms. The van der Waals surface area contributed by atoms with Gasteiger partial charge in [0.15, 0.2) is 0 Å². The fourth-order valence-electron chi connectivity index (χ4n) is 2.75. The summed E-state index contributed by atoms with van der Waals surface area (Å²) in [5, 5.41) is 1.15. The molecule has 3 nitrogen and oxygen atoms in total. The van der Waals surface area contributed by atoms with Crippen molar-refractivity contribution in [2.24, 2.45) is 0 Å². The minimum Gasteiger partial charge on any atom is -0.459 e. The van der Waals surface area contributed by atoms with Gasteiger partial charge in [0.2, 0.25) is 0 Å². The van der Waals surface area contributed by atoms with Crippen LogP contribution in [0.1, 0.15) is 35.8 Å². The molecule has 3 rings (SSSR count). The van der Waals surface area contributed by atoms with Crippen molar-refractivity contribution in [2.45, 2.75) is 26.3 Å². The Balaban J connectivity index is 2.38. The van der Waals surface area contributed by atoms with Crippen LogP contribution in [-0.4, -0.2) is 25.0 Å². The fourth-order valence-corrected chi connectivity index (χ4v) is 2.75. The first-order valence-corrected chi connectivity index (χ1v) is 6.39. The number of aromatic nitrogens is 1. The number of nitrogens with zero attached hydrogens (tertiary/aromatic N) is 1. The third-order valence-electron chi connectivity index (χ3n) is 3.55. The predicted octanol–water partition coefficient (Wildman–Crippen LogP) is 1.19. The van der Waals surface area contributed by atoms with Crippen LogP contribution < -0.4 is 5.46 Å².